The molecule has 0 aromatic carbocycles. The first-order valence-corrected chi connectivity index (χ1v) is 4.57. The van der Waals surface area contributed by atoms with Gasteiger partial charge in [0.25, 0.3) is 0 Å². The molecule has 0 saturated carbocycles. The number of hydrogen-bond acceptors (Lipinski definition) is 2. The van der Waals surface area contributed by atoms with Gasteiger partial charge in [0.2, 0.25) is 0 Å². The van der Waals surface area contributed by atoms with E-state index in [0.29, 0.717) is 12.1 Å². The molecule has 1 aliphatic rings. The Hall–Kier alpha value is -0.0800. The quantitative estimate of drug-likeness (QED) is 0.615. The van der Waals surface area contributed by atoms with Gasteiger partial charge in [-0.15, -0.1) is 0 Å². The molecule has 0 amide bonds. The topological polar surface area (TPSA) is 12.5 Å². The third kappa shape index (κ3) is 2.17. The summed E-state index contributed by atoms with van der Waals surface area (Å²) in [5.74, 6) is 0. The second-order valence-corrected chi connectivity index (χ2v) is 3.35. The van der Waals surface area contributed by atoms with Gasteiger partial charge in [-0.3, -0.25) is 0 Å². The van der Waals surface area contributed by atoms with E-state index in [1.807, 2.05) is 0 Å². The number of likely N-dealkylation sites (N-methyl/N-ethyl adjacent to an activating group) is 1. The van der Waals surface area contributed by atoms with Crippen molar-refractivity contribution in [3.05, 3.63) is 0 Å². The molecule has 1 aliphatic heterocycles. The number of ether oxygens (including phenoxy) is 1. The molecule has 1 unspecified atom stereocenters. The van der Waals surface area contributed by atoms with Crippen LogP contribution in [0.5, 0.6) is 0 Å². The van der Waals surface area contributed by atoms with Crippen molar-refractivity contribution in [2.45, 2.75) is 38.8 Å². The SMILES string of the molecule is CCOC(C)[C@@H]1CCCN1C. The minimum absolute atomic E-state index is 0.410. The zero-order chi connectivity index (χ0) is 8.27. The Kier molecular flexibility index (Phi) is 3.34. The summed E-state index contributed by atoms with van der Waals surface area (Å²) in [7, 11) is 2.19. The van der Waals surface area contributed by atoms with Crippen molar-refractivity contribution in [3.8, 4) is 0 Å². The van der Waals surface area contributed by atoms with Crippen LogP contribution in [0.1, 0.15) is 26.7 Å². The summed E-state index contributed by atoms with van der Waals surface area (Å²) in [5.41, 5.74) is 0. The Labute approximate surface area is 69.5 Å². The first-order valence-electron chi connectivity index (χ1n) is 4.57. The van der Waals surface area contributed by atoms with Crippen LogP contribution in [0, 0.1) is 0 Å². The zero-order valence-electron chi connectivity index (χ0n) is 7.84. The molecule has 0 aromatic heterocycles. The van der Waals surface area contributed by atoms with Crippen molar-refractivity contribution in [2.24, 2.45) is 0 Å². The molecule has 0 aliphatic carbocycles. The molecule has 1 fully saturated rings. The maximum absolute atomic E-state index is 5.55. The summed E-state index contributed by atoms with van der Waals surface area (Å²) in [6.45, 7) is 6.31. The van der Waals surface area contributed by atoms with Gasteiger partial charge in [0.15, 0.2) is 0 Å². The van der Waals surface area contributed by atoms with E-state index in [0.717, 1.165) is 6.61 Å². The maximum atomic E-state index is 5.55. The van der Waals surface area contributed by atoms with E-state index in [-0.39, 0.29) is 0 Å². The number of nitrogens with zero attached hydrogens (tertiary/aromatic N) is 1. The van der Waals surface area contributed by atoms with Gasteiger partial charge in [-0.05, 0) is 40.3 Å². The van der Waals surface area contributed by atoms with Gasteiger partial charge in [0, 0.05) is 12.6 Å². The minimum Gasteiger partial charge on any atom is -0.377 e. The van der Waals surface area contributed by atoms with E-state index < -0.39 is 0 Å². The summed E-state index contributed by atoms with van der Waals surface area (Å²) in [6, 6.07) is 0.662. The lowest BCUT2D eigenvalue weighted by molar-refractivity contribution is 0.0236. The lowest BCUT2D eigenvalue weighted by Crippen LogP contribution is -2.36. The van der Waals surface area contributed by atoms with E-state index in [1.54, 1.807) is 0 Å². The number of hydrogen-bond donors (Lipinski definition) is 0. The van der Waals surface area contributed by atoms with E-state index in [4.69, 9.17) is 4.74 Å². The molecule has 0 radical (unpaired) electrons. The summed E-state index contributed by atoms with van der Waals surface area (Å²) in [6.07, 6.45) is 3.04. The van der Waals surface area contributed by atoms with Crippen LogP contribution in [-0.4, -0.2) is 37.2 Å². The van der Waals surface area contributed by atoms with Crippen LogP contribution in [0.15, 0.2) is 0 Å². The van der Waals surface area contributed by atoms with Gasteiger partial charge in [0.1, 0.15) is 0 Å². The van der Waals surface area contributed by atoms with Crippen molar-refractivity contribution >= 4 is 0 Å². The first kappa shape index (κ1) is 9.01. The standard InChI is InChI=1S/C9H19NO/c1-4-11-8(2)9-6-5-7-10(9)3/h8-9H,4-7H2,1-3H3/t8?,9-/m0/s1. The van der Waals surface area contributed by atoms with Crippen molar-refractivity contribution in [2.75, 3.05) is 20.2 Å². The van der Waals surface area contributed by atoms with E-state index >= 15 is 0 Å². The van der Waals surface area contributed by atoms with Crippen molar-refractivity contribution in [3.63, 3.8) is 0 Å². The molecule has 1 heterocycles. The van der Waals surface area contributed by atoms with Crippen LogP contribution in [0.2, 0.25) is 0 Å². The molecular weight excluding hydrogens is 138 g/mol. The Morgan fingerprint density at radius 2 is 2.36 bits per heavy atom. The van der Waals surface area contributed by atoms with Gasteiger partial charge in [0.05, 0.1) is 6.10 Å². The zero-order valence-corrected chi connectivity index (χ0v) is 7.84. The Morgan fingerprint density at radius 3 is 2.82 bits per heavy atom. The van der Waals surface area contributed by atoms with Crippen molar-refractivity contribution in [1.82, 2.24) is 4.90 Å². The second kappa shape index (κ2) is 4.07. The van der Waals surface area contributed by atoms with Crippen LogP contribution in [0.4, 0.5) is 0 Å². The van der Waals surface area contributed by atoms with Crippen molar-refractivity contribution < 1.29 is 4.74 Å². The van der Waals surface area contributed by atoms with Gasteiger partial charge in [-0.1, -0.05) is 0 Å². The highest BCUT2D eigenvalue weighted by Gasteiger charge is 2.26. The fraction of sp³-hybridized carbons (Fsp3) is 1.00. The maximum Gasteiger partial charge on any atom is 0.0701 e. The Balaban J connectivity index is 2.33. The monoisotopic (exact) mass is 157 g/mol. The molecule has 0 N–H and O–H groups in total. The third-order valence-corrected chi connectivity index (χ3v) is 2.55. The highest BCUT2D eigenvalue weighted by Crippen LogP contribution is 2.19. The van der Waals surface area contributed by atoms with Gasteiger partial charge in [-0.2, -0.15) is 0 Å². The molecule has 0 bridgehead atoms. The molecule has 2 heteroatoms. The average Bonchev–Trinajstić information content (AvgIpc) is 2.36. The Morgan fingerprint density at radius 1 is 1.64 bits per heavy atom. The predicted molar refractivity (Wildman–Crippen MR) is 46.7 cm³/mol. The molecule has 11 heavy (non-hydrogen) atoms. The lowest BCUT2D eigenvalue weighted by Gasteiger charge is -2.25. The normalized spacial score (nSPS) is 29.2. The van der Waals surface area contributed by atoms with E-state index in [2.05, 4.69) is 25.8 Å². The predicted octanol–water partition coefficient (Wildman–Crippen LogP) is 1.51. The molecule has 2 nitrogen and oxygen atoms in total. The first-order chi connectivity index (χ1) is 5.25. The Bertz CT molecular complexity index is 116. The highest BCUT2D eigenvalue weighted by atomic mass is 16.5. The molecular formula is C9H19NO. The summed E-state index contributed by atoms with van der Waals surface area (Å²) >= 11 is 0. The van der Waals surface area contributed by atoms with Crippen LogP contribution in [0.3, 0.4) is 0 Å². The molecule has 0 spiro atoms. The summed E-state index contributed by atoms with van der Waals surface area (Å²) < 4.78 is 5.55. The second-order valence-electron chi connectivity index (χ2n) is 3.35. The summed E-state index contributed by atoms with van der Waals surface area (Å²) in [4.78, 5) is 2.40. The fourth-order valence-electron chi connectivity index (χ4n) is 1.90. The molecule has 1 saturated heterocycles. The average molecular weight is 157 g/mol. The largest absolute Gasteiger partial charge is 0.377 e. The van der Waals surface area contributed by atoms with Gasteiger partial charge < -0.3 is 9.64 Å². The van der Waals surface area contributed by atoms with Crippen LogP contribution in [0.25, 0.3) is 0 Å². The van der Waals surface area contributed by atoms with E-state index in [9.17, 15) is 0 Å². The molecule has 2 atom stereocenters. The van der Waals surface area contributed by atoms with Crippen LogP contribution >= 0.6 is 0 Å². The third-order valence-electron chi connectivity index (χ3n) is 2.55. The lowest BCUT2D eigenvalue weighted by atomic mass is 10.1. The van der Waals surface area contributed by atoms with Crippen LogP contribution < -0.4 is 0 Å². The van der Waals surface area contributed by atoms with Crippen LogP contribution in [-0.2, 0) is 4.74 Å². The fourth-order valence-corrected chi connectivity index (χ4v) is 1.90. The number of likely N-dealkylation sites (tertiary alicyclic amines) is 1. The van der Waals surface area contributed by atoms with Gasteiger partial charge in [-0.25, -0.2) is 0 Å². The molecule has 0 aromatic rings. The molecule has 66 valence electrons. The molecule has 1 rings (SSSR count). The van der Waals surface area contributed by atoms with Crippen molar-refractivity contribution in [1.29, 1.82) is 0 Å². The number of rotatable bonds is 3. The highest BCUT2D eigenvalue weighted by molar-refractivity contribution is 4.81. The summed E-state index contributed by atoms with van der Waals surface area (Å²) in [5, 5.41) is 0. The minimum atomic E-state index is 0.410. The van der Waals surface area contributed by atoms with E-state index in [1.165, 1.54) is 19.4 Å². The van der Waals surface area contributed by atoms with Gasteiger partial charge >= 0.3 is 0 Å². The smallest absolute Gasteiger partial charge is 0.0701 e.